The van der Waals surface area contributed by atoms with Gasteiger partial charge in [0, 0.05) is 11.9 Å². The molecule has 1 heterocycles. The number of imidazole rings is 1. The summed E-state index contributed by atoms with van der Waals surface area (Å²) in [5, 5.41) is 0. The second kappa shape index (κ2) is 3.84. The molecule has 0 fully saturated rings. The third-order valence-corrected chi connectivity index (χ3v) is 2.29. The minimum atomic E-state index is 0.433. The highest BCUT2D eigenvalue weighted by atomic mass is 35.5. The monoisotopic (exact) mass is 206 g/mol. The molecular weight excluding hydrogens is 196 g/mol. The summed E-state index contributed by atoms with van der Waals surface area (Å²) in [7, 11) is 0. The fraction of sp³-hybridized carbons (Fsp3) is 0.182. The minimum absolute atomic E-state index is 0.433. The molecule has 1 aromatic heterocycles. The number of hydrogen-bond donors (Lipinski definition) is 0. The Hall–Kier alpha value is -1.28. The van der Waals surface area contributed by atoms with E-state index in [9.17, 15) is 0 Å². The van der Waals surface area contributed by atoms with E-state index >= 15 is 0 Å². The van der Waals surface area contributed by atoms with Gasteiger partial charge in [0.2, 0.25) is 0 Å². The van der Waals surface area contributed by atoms with Gasteiger partial charge in [0.25, 0.3) is 0 Å². The second-order valence-electron chi connectivity index (χ2n) is 3.14. The van der Waals surface area contributed by atoms with Gasteiger partial charge < -0.3 is 4.57 Å². The first-order valence-corrected chi connectivity index (χ1v) is 5.01. The predicted octanol–water partition coefficient (Wildman–Crippen LogP) is 2.92. The van der Waals surface area contributed by atoms with Crippen LogP contribution in [0.15, 0.2) is 36.5 Å². The summed E-state index contributed by atoms with van der Waals surface area (Å²) in [4.78, 5) is 4.34. The van der Waals surface area contributed by atoms with Gasteiger partial charge in [0.05, 0.1) is 11.6 Å². The van der Waals surface area contributed by atoms with Crippen LogP contribution in [0.3, 0.4) is 0 Å². The van der Waals surface area contributed by atoms with Crippen molar-refractivity contribution in [1.29, 1.82) is 0 Å². The molecule has 3 heteroatoms. The average molecular weight is 207 g/mol. The largest absolute Gasteiger partial charge is 0.302 e. The van der Waals surface area contributed by atoms with Crippen LogP contribution in [-0.2, 0) is 5.88 Å². The molecule has 0 aliphatic heterocycles. The number of halogens is 1. The van der Waals surface area contributed by atoms with E-state index in [0.717, 1.165) is 17.2 Å². The molecule has 0 saturated carbocycles. The maximum atomic E-state index is 5.81. The fourth-order valence-electron chi connectivity index (χ4n) is 1.45. The predicted molar refractivity (Wildman–Crippen MR) is 57.9 cm³/mol. The quantitative estimate of drug-likeness (QED) is 0.691. The molecule has 14 heavy (non-hydrogen) atoms. The van der Waals surface area contributed by atoms with E-state index in [1.807, 2.05) is 48.0 Å². The summed E-state index contributed by atoms with van der Waals surface area (Å²) in [5.74, 6) is 1.32. The summed E-state index contributed by atoms with van der Waals surface area (Å²) in [6.07, 6.45) is 1.99. The average Bonchev–Trinajstić information content (AvgIpc) is 2.61. The Morgan fingerprint density at radius 3 is 2.64 bits per heavy atom. The lowest BCUT2D eigenvalue weighted by Crippen LogP contribution is -1.97. The lowest BCUT2D eigenvalue weighted by molar-refractivity contribution is 0.957. The molecule has 0 radical (unpaired) electrons. The van der Waals surface area contributed by atoms with Gasteiger partial charge in [-0.05, 0) is 19.1 Å². The van der Waals surface area contributed by atoms with E-state index in [4.69, 9.17) is 11.6 Å². The van der Waals surface area contributed by atoms with Crippen molar-refractivity contribution < 1.29 is 0 Å². The molecule has 0 amide bonds. The van der Waals surface area contributed by atoms with Gasteiger partial charge in [-0.25, -0.2) is 4.98 Å². The van der Waals surface area contributed by atoms with E-state index in [-0.39, 0.29) is 0 Å². The van der Waals surface area contributed by atoms with Crippen molar-refractivity contribution in [3.05, 3.63) is 48.0 Å². The van der Waals surface area contributed by atoms with E-state index in [2.05, 4.69) is 4.98 Å². The standard InChI is InChI=1S/C11H11ClN2/c1-9-8-14(11(7-12)13-9)10-5-3-2-4-6-10/h2-6,8H,7H2,1H3. The minimum Gasteiger partial charge on any atom is -0.302 e. The van der Waals surface area contributed by atoms with E-state index in [0.29, 0.717) is 5.88 Å². The molecule has 72 valence electrons. The Kier molecular flexibility index (Phi) is 2.55. The van der Waals surface area contributed by atoms with Crippen molar-refractivity contribution >= 4 is 11.6 Å². The third kappa shape index (κ3) is 1.66. The van der Waals surface area contributed by atoms with Crippen molar-refractivity contribution in [2.24, 2.45) is 0 Å². The van der Waals surface area contributed by atoms with Crippen LogP contribution in [0.5, 0.6) is 0 Å². The zero-order valence-corrected chi connectivity index (χ0v) is 8.70. The van der Waals surface area contributed by atoms with Crippen LogP contribution >= 0.6 is 11.6 Å². The van der Waals surface area contributed by atoms with E-state index in [1.54, 1.807) is 0 Å². The van der Waals surface area contributed by atoms with Gasteiger partial charge in [-0.2, -0.15) is 0 Å². The number of rotatable bonds is 2. The maximum absolute atomic E-state index is 5.81. The molecule has 0 N–H and O–H groups in total. The number of benzene rings is 1. The molecule has 0 unspecified atom stereocenters. The Labute approximate surface area is 88.2 Å². The van der Waals surface area contributed by atoms with Gasteiger partial charge >= 0.3 is 0 Å². The molecule has 1 aromatic carbocycles. The SMILES string of the molecule is Cc1cn(-c2ccccc2)c(CCl)n1. The zero-order chi connectivity index (χ0) is 9.97. The van der Waals surface area contributed by atoms with Crippen LogP contribution in [0.25, 0.3) is 5.69 Å². The third-order valence-electron chi connectivity index (χ3n) is 2.05. The van der Waals surface area contributed by atoms with Crippen molar-refractivity contribution in [3.63, 3.8) is 0 Å². The Balaban J connectivity index is 2.51. The fourth-order valence-corrected chi connectivity index (χ4v) is 1.64. The summed E-state index contributed by atoms with van der Waals surface area (Å²) in [5.41, 5.74) is 2.09. The van der Waals surface area contributed by atoms with Crippen molar-refractivity contribution in [1.82, 2.24) is 9.55 Å². The zero-order valence-electron chi connectivity index (χ0n) is 7.94. The van der Waals surface area contributed by atoms with Gasteiger partial charge in [-0.15, -0.1) is 11.6 Å². The topological polar surface area (TPSA) is 17.8 Å². The van der Waals surface area contributed by atoms with Crippen LogP contribution < -0.4 is 0 Å². The highest BCUT2D eigenvalue weighted by Crippen LogP contribution is 2.13. The molecule has 0 saturated heterocycles. The van der Waals surface area contributed by atoms with Crippen molar-refractivity contribution in [2.45, 2.75) is 12.8 Å². The molecule has 0 atom stereocenters. The normalized spacial score (nSPS) is 10.4. The summed E-state index contributed by atoms with van der Waals surface area (Å²) in [6.45, 7) is 1.97. The van der Waals surface area contributed by atoms with Gasteiger partial charge in [0.1, 0.15) is 5.82 Å². The highest BCUT2D eigenvalue weighted by molar-refractivity contribution is 6.16. The van der Waals surface area contributed by atoms with Crippen LogP contribution in [0, 0.1) is 6.92 Å². The van der Waals surface area contributed by atoms with Crippen molar-refractivity contribution in [2.75, 3.05) is 0 Å². The Morgan fingerprint density at radius 1 is 1.29 bits per heavy atom. The molecule has 2 rings (SSSR count). The second-order valence-corrected chi connectivity index (χ2v) is 3.40. The first-order valence-electron chi connectivity index (χ1n) is 4.47. The van der Waals surface area contributed by atoms with Crippen LogP contribution in [0.2, 0.25) is 0 Å². The van der Waals surface area contributed by atoms with E-state index < -0.39 is 0 Å². The lowest BCUT2D eigenvalue weighted by Gasteiger charge is -2.04. The van der Waals surface area contributed by atoms with Gasteiger partial charge in [-0.1, -0.05) is 18.2 Å². The number of aryl methyl sites for hydroxylation is 1. The first-order chi connectivity index (χ1) is 6.81. The molecule has 0 aliphatic carbocycles. The van der Waals surface area contributed by atoms with Gasteiger partial charge in [-0.3, -0.25) is 0 Å². The van der Waals surface area contributed by atoms with Crippen molar-refractivity contribution in [3.8, 4) is 5.69 Å². The number of hydrogen-bond acceptors (Lipinski definition) is 1. The van der Waals surface area contributed by atoms with Crippen LogP contribution in [-0.4, -0.2) is 9.55 Å². The Morgan fingerprint density at radius 2 is 2.00 bits per heavy atom. The molecule has 2 nitrogen and oxygen atoms in total. The lowest BCUT2D eigenvalue weighted by atomic mass is 10.3. The molecular formula is C11H11ClN2. The summed E-state index contributed by atoms with van der Waals surface area (Å²) < 4.78 is 2.02. The highest BCUT2D eigenvalue weighted by Gasteiger charge is 2.04. The summed E-state index contributed by atoms with van der Waals surface area (Å²) >= 11 is 5.81. The smallest absolute Gasteiger partial charge is 0.128 e. The molecule has 0 bridgehead atoms. The summed E-state index contributed by atoms with van der Waals surface area (Å²) in [6, 6.07) is 10.1. The Bertz CT molecular complexity index is 420. The maximum Gasteiger partial charge on any atom is 0.128 e. The molecule has 0 spiro atoms. The number of para-hydroxylation sites is 1. The first kappa shape index (κ1) is 9.28. The molecule has 2 aromatic rings. The number of nitrogens with zero attached hydrogens (tertiary/aromatic N) is 2. The number of aromatic nitrogens is 2. The van der Waals surface area contributed by atoms with E-state index in [1.165, 1.54) is 0 Å². The van der Waals surface area contributed by atoms with Gasteiger partial charge in [0.15, 0.2) is 0 Å². The van der Waals surface area contributed by atoms with Crippen LogP contribution in [0.1, 0.15) is 11.5 Å². The molecule has 0 aliphatic rings. The number of alkyl halides is 1. The van der Waals surface area contributed by atoms with Crippen LogP contribution in [0.4, 0.5) is 0 Å².